The molecule has 102 valence electrons. The quantitative estimate of drug-likeness (QED) is 0.591. The van der Waals surface area contributed by atoms with Gasteiger partial charge in [-0.05, 0) is 37.3 Å². The second kappa shape index (κ2) is 6.92. The Kier molecular flexibility index (Phi) is 4.97. The molecular weight excluding hydrogens is 272 g/mol. The molecule has 0 amide bonds. The molecule has 2 aromatic rings. The lowest BCUT2D eigenvalue weighted by Crippen LogP contribution is -1.96. The fraction of sp³-hybridized carbons (Fsp3) is 0.118. The molecule has 0 aliphatic carbocycles. The van der Waals surface area contributed by atoms with Crippen molar-refractivity contribution in [2.45, 2.75) is 6.92 Å². The molecule has 0 aromatic heterocycles. The fourth-order valence-electron chi connectivity index (χ4n) is 1.82. The molecule has 0 aliphatic rings. The highest BCUT2D eigenvalue weighted by Crippen LogP contribution is 2.21. The summed E-state index contributed by atoms with van der Waals surface area (Å²) in [6, 6.07) is 14.6. The predicted molar refractivity (Wildman–Crippen MR) is 82.4 cm³/mol. The van der Waals surface area contributed by atoms with Gasteiger partial charge in [0.1, 0.15) is 5.75 Å². The molecule has 0 saturated carbocycles. The molecule has 0 saturated heterocycles. The van der Waals surface area contributed by atoms with Crippen LogP contribution in [0.1, 0.15) is 22.8 Å². The van der Waals surface area contributed by atoms with Gasteiger partial charge >= 0.3 is 0 Å². The largest absolute Gasteiger partial charge is 0.493 e. The number of rotatable bonds is 5. The summed E-state index contributed by atoms with van der Waals surface area (Å²) in [5.74, 6) is 0.639. The zero-order valence-electron chi connectivity index (χ0n) is 11.2. The molecule has 0 aliphatic heterocycles. The molecule has 0 radical (unpaired) electrons. The smallest absolute Gasteiger partial charge is 0.187 e. The molecule has 0 unspecified atom stereocenters. The molecule has 0 bridgehead atoms. The number of carbonyl (C=O) groups excluding carboxylic acids is 1. The third-order valence-electron chi connectivity index (χ3n) is 2.77. The van der Waals surface area contributed by atoms with Crippen molar-refractivity contribution < 1.29 is 9.53 Å². The Morgan fingerprint density at radius 2 is 1.85 bits per heavy atom. The summed E-state index contributed by atoms with van der Waals surface area (Å²) in [7, 11) is 0. The lowest BCUT2D eigenvalue weighted by molar-refractivity contribution is 0.104. The van der Waals surface area contributed by atoms with Gasteiger partial charge in [-0.1, -0.05) is 41.9 Å². The second-order valence-corrected chi connectivity index (χ2v) is 4.56. The number of para-hydroxylation sites is 1. The van der Waals surface area contributed by atoms with E-state index in [-0.39, 0.29) is 5.78 Å². The van der Waals surface area contributed by atoms with Crippen molar-refractivity contribution in [3.8, 4) is 5.75 Å². The van der Waals surface area contributed by atoms with E-state index in [4.69, 9.17) is 16.3 Å². The average molecular weight is 287 g/mol. The number of hydrogen-bond acceptors (Lipinski definition) is 2. The molecule has 0 heterocycles. The monoisotopic (exact) mass is 286 g/mol. The summed E-state index contributed by atoms with van der Waals surface area (Å²) in [5, 5.41) is 0.459. The van der Waals surface area contributed by atoms with Crippen LogP contribution in [-0.2, 0) is 0 Å². The van der Waals surface area contributed by atoms with E-state index in [0.29, 0.717) is 17.2 Å². The second-order valence-electron chi connectivity index (χ2n) is 4.15. The Bertz CT molecular complexity index is 632. The van der Waals surface area contributed by atoms with E-state index in [1.54, 1.807) is 30.3 Å². The van der Waals surface area contributed by atoms with Crippen LogP contribution in [0, 0.1) is 0 Å². The van der Waals surface area contributed by atoms with E-state index in [2.05, 4.69) is 0 Å². The summed E-state index contributed by atoms with van der Waals surface area (Å²) in [5.41, 5.74) is 1.37. The van der Waals surface area contributed by atoms with Crippen LogP contribution in [0.25, 0.3) is 6.08 Å². The van der Waals surface area contributed by atoms with Crippen molar-refractivity contribution in [1.29, 1.82) is 0 Å². The van der Waals surface area contributed by atoms with Crippen molar-refractivity contribution in [2.24, 2.45) is 0 Å². The normalized spacial score (nSPS) is 10.7. The van der Waals surface area contributed by atoms with Crippen LogP contribution >= 0.6 is 11.6 Å². The lowest BCUT2D eigenvalue weighted by Gasteiger charge is -2.06. The Morgan fingerprint density at radius 1 is 1.15 bits per heavy atom. The summed E-state index contributed by atoms with van der Waals surface area (Å²) in [4.78, 5) is 12.1. The number of allylic oxidation sites excluding steroid dienone is 1. The molecule has 0 fully saturated rings. The van der Waals surface area contributed by atoms with Gasteiger partial charge in [-0.2, -0.15) is 0 Å². The van der Waals surface area contributed by atoms with Crippen molar-refractivity contribution in [3.05, 3.63) is 70.8 Å². The fourth-order valence-corrected chi connectivity index (χ4v) is 2.05. The Hall–Kier alpha value is -2.06. The van der Waals surface area contributed by atoms with E-state index >= 15 is 0 Å². The van der Waals surface area contributed by atoms with Crippen molar-refractivity contribution in [2.75, 3.05) is 6.61 Å². The summed E-state index contributed by atoms with van der Waals surface area (Å²) < 4.78 is 5.51. The van der Waals surface area contributed by atoms with Gasteiger partial charge in [0.25, 0.3) is 0 Å². The molecule has 0 N–H and O–H groups in total. The maximum Gasteiger partial charge on any atom is 0.187 e. The molecular formula is C17H15ClO2. The number of carbonyl (C=O) groups is 1. The van der Waals surface area contributed by atoms with Crippen molar-refractivity contribution in [1.82, 2.24) is 0 Å². The maximum absolute atomic E-state index is 12.1. The van der Waals surface area contributed by atoms with Crippen LogP contribution in [0.4, 0.5) is 0 Å². The minimum Gasteiger partial charge on any atom is -0.493 e. The molecule has 0 spiro atoms. The first kappa shape index (κ1) is 14.4. The predicted octanol–water partition coefficient (Wildman–Crippen LogP) is 4.63. The Balaban J connectivity index is 2.22. The molecule has 0 atom stereocenters. The van der Waals surface area contributed by atoms with Gasteiger partial charge < -0.3 is 4.74 Å². The standard InChI is InChI=1S/C17H15ClO2/c1-2-20-17-10-6-3-7-13(17)11-12-16(19)14-8-4-5-9-15(14)18/h3-12H,2H2,1H3/b12-11+. The zero-order valence-corrected chi connectivity index (χ0v) is 11.9. The van der Waals surface area contributed by atoms with E-state index in [0.717, 1.165) is 11.3 Å². The third-order valence-corrected chi connectivity index (χ3v) is 3.10. The van der Waals surface area contributed by atoms with E-state index in [1.165, 1.54) is 6.08 Å². The first-order valence-corrected chi connectivity index (χ1v) is 6.79. The van der Waals surface area contributed by atoms with Crippen molar-refractivity contribution >= 4 is 23.5 Å². The summed E-state index contributed by atoms with van der Waals surface area (Å²) in [6.45, 7) is 2.51. The van der Waals surface area contributed by atoms with Crippen LogP contribution in [0.15, 0.2) is 54.6 Å². The van der Waals surface area contributed by atoms with E-state index in [1.807, 2.05) is 31.2 Å². The molecule has 2 rings (SSSR count). The van der Waals surface area contributed by atoms with Gasteiger partial charge in [0.15, 0.2) is 5.78 Å². The number of benzene rings is 2. The van der Waals surface area contributed by atoms with Crippen LogP contribution in [-0.4, -0.2) is 12.4 Å². The molecule has 2 aromatic carbocycles. The van der Waals surface area contributed by atoms with Crippen molar-refractivity contribution in [3.63, 3.8) is 0 Å². The van der Waals surface area contributed by atoms with Crippen LogP contribution in [0.5, 0.6) is 5.75 Å². The molecule has 20 heavy (non-hydrogen) atoms. The minimum atomic E-state index is -0.123. The van der Waals surface area contributed by atoms with E-state index < -0.39 is 0 Å². The molecule has 3 heteroatoms. The first-order valence-electron chi connectivity index (χ1n) is 6.41. The number of hydrogen-bond donors (Lipinski definition) is 0. The van der Waals surface area contributed by atoms with Gasteiger partial charge in [-0.15, -0.1) is 0 Å². The van der Waals surface area contributed by atoms with E-state index in [9.17, 15) is 4.79 Å². The number of ketones is 1. The topological polar surface area (TPSA) is 26.3 Å². The highest BCUT2D eigenvalue weighted by Gasteiger charge is 2.06. The lowest BCUT2D eigenvalue weighted by atomic mass is 10.1. The number of ether oxygens (including phenoxy) is 1. The zero-order chi connectivity index (χ0) is 14.4. The number of halogens is 1. The van der Waals surface area contributed by atoms with Gasteiger partial charge in [-0.25, -0.2) is 0 Å². The Labute approximate surface area is 123 Å². The van der Waals surface area contributed by atoms with Gasteiger partial charge in [0.2, 0.25) is 0 Å². The molecule has 2 nitrogen and oxygen atoms in total. The average Bonchev–Trinajstić information content (AvgIpc) is 2.47. The summed E-state index contributed by atoms with van der Waals surface area (Å²) >= 11 is 6.00. The Morgan fingerprint density at radius 3 is 2.60 bits per heavy atom. The minimum absolute atomic E-state index is 0.123. The summed E-state index contributed by atoms with van der Waals surface area (Å²) in [6.07, 6.45) is 3.26. The highest BCUT2D eigenvalue weighted by molar-refractivity contribution is 6.34. The third kappa shape index (κ3) is 3.49. The SMILES string of the molecule is CCOc1ccccc1/C=C/C(=O)c1ccccc1Cl. The van der Waals surface area contributed by atoms with Gasteiger partial charge in [0.05, 0.1) is 11.6 Å². The van der Waals surface area contributed by atoms with Crippen LogP contribution < -0.4 is 4.74 Å². The van der Waals surface area contributed by atoms with Crippen LogP contribution in [0.3, 0.4) is 0 Å². The van der Waals surface area contributed by atoms with Crippen LogP contribution in [0.2, 0.25) is 5.02 Å². The van der Waals surface area contributed by atoms with Gasteiger partial charge in [0, 0.05) is 11.1 Å². The highest BCUT2D eigenvalue weighted by atomic mass is 35.5. The first-order chi connectivity index (χ1) is 9.72. The maximum atomic E-state index is 12.1. The van der Waals surface area contributed by atoms with Gasteiger partial charge in [-0.3, -0.25) is 4.79 Å².